The summed E-state index contributed by atoms with van der Waals surface area (Å²) in [5, 5.41) is 0. The Labute approximate surface area is 245 Å². The number of unbranched alkanes of at least 4 members (excludes halogenated alkanes) is 4. The first kappa shape index (κ1) is 32.2. The lowest BCUT2D eigenvalue weighted by Gasteiger charge is -2.28. The Hall–Kier alpha value is -3.32. The molecular weight excluding hydrogens is 516 g/mol. The largest absolute Gasteiger partial charge is 0.462 e. The predicted octanol–water partition coefficient (Wildman–Crippen LogP) is 7.45. The first-order chi connectivity index (χ1) is 19.9. The van der Waals surface area contributed by atoms with Crippen molar-refractivity contribution in [2.45, 2.75) is 103 Å². The number of anilines is 2. The number of carbonyl (C=O) groups is 2. The van der Waals surface area contributed by atoms with Gasteiger partial charge in [-0.2, -0.15) is 0 Å². The van der Waals surface area contributed by atoms with Gasteiger partial charge in [0.2, 0.25) is 0 Å². The Morgan fingerprint density at radius 1 is 0.878 bits per heavy atom. The zero-order chi connectivity index (χ0) is 29.5. The standard InChI is InChI=1S/C34H48N2O5/c1-3-5-7-8-20-39-31-15-17-32(18-16-31)41-34(38)26-13-10-25(11-14-26)12-19-33(37)40-24-27(9-6-4-2)28-21-29(35)23-30(36)22-28/h10-14,19,21-23,27,31-32H,3-9,15-18,20,24,35-36H2,1-2H3. The topological polar surface area (TPSA) is 114 Å². The minimum absolute atomic E-state index is 0.0292. The van der Waals surface area contributed by atoms with Crippen molar-refractivity contribution < 1.29 is 23.8 Å². The van der Waals surface area contributed by atoms with Crippen LogP contribution in [0, 0.1) is 0 Å². The zero-order valence-corrected chi connectivity index (χ0v) is 24.8. The molecule has 0 heterocycles. The molecule has 0 aromatic heterocycles. The van der Waals surface area contributed by atoms with Gasteiger partial charge in [0.25, 0.3) is 0 Å². The molecule has 0 spiro atoms. The molecule has 7 nitrogen and oxygen atoms in total. The quantitative estimate of drug-likeness (QED) is 0.0942. The molecule has 2 aromatic rings. The van der Waals surface area contributed by atoms with Gasteiger partial charge in [-0.15, -0.1) is 0 Å². The molecule has 0 amide bonds. The molecular formula is C34H48N2O5. The van der Waals surface area contributed by atoms with E-state index in [1.165, 1.54) is 25.3 Å². The fraction of sp³-hybridized carbons (Fsp3) is 0.529. The second kappa shape index (κ2) is 17.5. The summed E-state index contributed by atoms with van der Waals surface area (Å²) < 4.78 is 17.3. The molecule has 0 aliphatic heterocycles. The highest BCUT2D eigenvalue weighted by atomic mass is 16.5. The predicted molar refractivity (Wildman–Crippen MR) is 166 cm³/mol. The molecule has 1 saturated carbocycles. The van der Waals surface area contributed by atoms with Crippen molar-refractivity contribution in [3.05, 3.63) is 65.2 Å². The number of carbonyl (C=O) groups excluding carboxylic acids is 2. The van der Waals surface area contributed by atoms with Crippen molar-refractivity contribution in [2.24, 2.45) is 0 Å². The number of nitrogen functional groups attached to an aromatic ring is 2. The SMILES string of the molecule is CCCCCCOC1CCC(OC(=O)c2ccc(C=CC(=O)OCC(CCCC)c3cc(N)cc(N)c3)cc2)CC1. The number of hydrogen-bond acceptors (Lipinski definition) is 7. The van der Waals surface area contributed by atoms with Gasteiger partial charge in [0.1, 0.15) is 6.10 Å². The van der Waals surface area contributed by atoms with E-state index >= 15 is 0 Å². The van der Waals surface area contributed by atoms with Gasteiger partial charge in [0.15, 0.2) is 0 Å². The van der Waals surface area contributed by atoms with E-state index < -0.39 is 5.97 Å². The maximum Gasteiger partial charge on any atom is 0.338 e. The third-order valence-corrected chi connectivity index (χ3v) is 7.61. The molecule has 7 heteroatoms. The van der Waals surface area contributed by atoms with Crippen LogP contribution in [0.3, 0.4) is 0 Å². The van der Waals surface area contributed by atoms with Crippen LogP contribution in [0.5, 0.6) is 0 Å². The average molecular weight is 565 g/mol. The Morgan fingerprint density at radius 3 is 2.20 bits per heavy atom. The summed E-state index contributed by atoms with van der Waals surface area (Å²) in [5.74, 6) is -0.710. The maximum atomic E-state index is 12.7. The van der Waals surface area contributed by atoms with Gasteiger partial charge in [0, 0.05) is 30.0 Å². The van der Waals surface area contributed by atoms with Crippen molar-refractivity contribution in [2.75, 3.05) is 24.7 Å². The van der Waals surface area contributed by atoms with Crippen molar-refractivity contribution in [1.29, 1.82) is 0 Å². The molecule has 0 radical (unpaired) electrons. The van der Waals surface area contributed by atoms with Crippen molar-refractivity contribution in [1.82, 2.24) is 0 Å². The minimum Gasteiger partial charge on any atom is -0.462 e. The van der Waals surface area contributed by atoms with Crippen molar-refractivity contribution in [3.8, 4) is 0 Å². The zero-order valence-electron chi connectivity index (χ0n) is 24.8. The van der Waals surface area contributed by atoms with Gasteiger partial charge < -0.3 is 25.7 Å². The number of nitrogens with two attached hydrogens (primary N) is 2. The number of esters is 2. The monoisotopic (exact) mass is 564 g/mol. The lowest BCUT2D eigenvalue weighted by molar-refractivity contribution is -0.138. The van der Waals surface area contributed by atoms with Crippen molar-refractivity contribution >= 4 is 29.4 Å². The van der Waals surface area contributed by atoms with Crippen LogP contribution in [0.25, 0.3) is 6.08 Å². The Kier molecular flexibility index (Phi) is 13.7. The lowest BCUT2D eigenvalue weighted by atomic mass is 9.93. The van der Waals surface area contributed by atoms with Gasteiger partial charge in [-0.25, -0.2) is 9.59 Å². The lowest BCUT2D eigenvalue weighted by Crippen LogP contribution is -2.28. The maximum absolute atomic E-state index is 12.7. The number of hydrogen-bond donors (Lipinski definition) is 2. The highest BCUT2D eigenvalue weighted by Crippen LogP contribution is 2.27. The molecule has 2 aromatic carbocycles. The molecule has 0 bridgehead atoms. The Bertz CT molecular complexity index is 1090. The van der Waals surface area contributed by atoms with Gasteiger partial charge in [0.05, 0.1) is 18.3 Å². The number of ether oxygens (including phenoxy) is 3. The summed E-state index contributed by atoms with van der Waals surface area (Å²) in [6.45, 7) is 5.42. The van der Waals surface area contributed by atoms with E-state index in [9.17, 15) is 9.59 Å². The summed E-state index contributed by atoms with van der Waals surface area (Å²) in [6.07, 6.45) is 14.6. The van der Waals surface area contributed by atoms with Crippen LogP contribution in [-0.4, -0.2) is 37.4 Å². The molecule has 1 atom stereocenters. The van der Waals surface area contributed by atoms with E-state index in [1.807, 2.05) is 12.1 Å². The first-order valence-corrected chi connectivity index (χ1v) is 15.3. The summed E-state index contributed by atoms with van der Waals surface area (Å²) in [4.78, 5) is 25.1. The summed E-state index contributed by atoms with van der Waals surface area (Å²) in [5.41, 5.74) is 15.4. The van der Waals surface area contributed by atoms with Crippen LogP contribution in [0.4, 0.5) is 11.4 Å². The fourth-order valence-electron chi connectivity index (χ4n) is 5.18. The van der Waals surface area contributed by atoms with E-state index in [-0.39, 0.29) is 30.7 Å². The van der Waals surface area contributed by atoms with Crippen LogP contribution < -0.4 is 11.5 Å². The second-order valence-electron chi connectivity index (χ2n) is 11.1. The molecule has 1 fully saturated rings. The van der Waals surface area contributed by atoms with Crippen LogP contribution in [0.1, 0.15) is 112 Å². The molecule has 0 saturated heterocycles. The van der Waals surface area contributed by atoms with Crippen LogP contribution >= 0.6 is 0 Å². The van der Waals surface area contributed by atoms with E-state index in [0.29, 0.717) is 16.9 Å². The van der Waals surface area contributed by atoms with Crippen LogP contribution in [0.15, 0.2) is 48.5 Å². The normalized spacial score (nSPS) is 17.8. The van der Waals surface area contributed by atoms with E-state index in [4.69, 9.17) is 25.7 Å². The summed E-state index contributed by atoms with van der Waals surface area (Å²) >= 11 is 0. The Balaban J connectivity index is 1.42. The van der Waals surface area contributed by atoms with Gasteiger partial charge in [-0.1, -0.05) is 58.1 Å². The second-order valence-corrected chi connectivity index (χ2v) is 11.1. The highest BCUT2D eigenvalue weighted by Gasteiger charge is 2.24. The molecule has 41 heavy (non-hydrogen) atoms. The average Bonchev–Trinajstić information content (AvgIpc) is 2.96. The van der Waals surface area contributed by atoms with Gasteiger partial charge in [-0.05, 0) is 86.1 Å². The third kappa shape index (κ3) is 11.6. The molecule has 1 unspecified atom stereocenters. The summed E-state index contributed by atoms with van der Waals surface area (Å²) in [6, 6.07) is 12.5. The first-order valence-electron chi connectivity index (χ1n) is 15.3. The smallest absolute Gasteiger partial charge is 0.338 e. The number of rotatable bonds is 16. The fourth-order valence-corrected chi connectivity index (χ4v) is 5.18. The van der Waals surface area contributed by atoms with Crippen LogP contribution in [-0.2, 0) is 19.0 Å². The molecule has 1 aliphatic carbocycles. The van der Waals surface area contributed by atoms with Crippen molar-refractivity contribution in [3.63, 3.8) is 0 Å². The summed E-state index contributed by atoms with van der Waals surface area (Å²) in [7, 11) is 0. The third-order valence-electron chi connectivity index (χ3n) is 7.61. The van der Waals surface area contributed by atoms with E-state index in [1.54, 1.807) is 36.4 Å². The van der Waals surface area contributed by atoms with E-state index in [2.05, 4.69) is 13.8 Å². The molecule has 224 valence electrons. The van der Waals surface area contributed by atoms with E-state index in [0.717, 1.165) is 69.1 Å². The molecule has 1 aliphatic rings. The number of benzene rings is 2. The van der Waals surface area contributed by atoms with Gasteiger partial charge in [-0.3, -0.25) is 0 Å². The van der Waals surface area contributed by atoms with Crippen LogP contribution in [0.2, 0.25) is 0 Å². The molecule has 3 rings (SSSR count). The Morgan fingerprint density at radius 2 is 1.54 bits per heavy atom. The highest BCUT2D eigenvalue weighted by molar-refractivity contribution is 5.90. The molecule has 4 N–H and O–H groups in total. The van der Waals surface area contributed by atoms with Gasteiger partial charge >= 0.3 is 11.9 Å². The minimum atomic E-state index is -0.424.